The molecule has 0 saturated carbocycles. The maximum atomic E-state index is 12.6. The van der Waals surface area contributed by atoms with Gasteiger partial charge in [-0.15, -0.1) is 6.58 Å². The van der Waals surface area contributed by atoms with E-state index in [1.807, 2.05) is 30.3 Å². The Kier molecular flexibility index (Phi) is 5.51. The smallest absolute Gasteiger partial charge is 0.235 e. The fraction of sp³-hybridized carbons (Fsp3) is 0.385. The van der Waals surface area contributed by atoms with Crippen LogP contribution in [0.4, 0.5) is 0 Å². The van der Waals surface area contributed by atoms with Crippen LogP contribution in [-0.4, -0.2) is 12.8 Å². The second-order valence-corrected chi connectivity index (χ2v) is 6.15. The third-order valence-corrected chi connectivity index (χ3v) is 4.74. The Hall–Kier alpha value is -0.850. The van der Waals surface area contributed by atoms with Gasteiger partial charge in [-0.3, -0.25) is 4.57 Å². The highest BCUT2D eigenvalue weighted by Gasteiger charge is 2.23. The second kappa shape index (κ2) is 6.67. The van der Waals surface area contributed by atoms with Crippen molar-refractivity contribution < 1.29 is 9.09 Å². The zero-order valence-electron chi connectivity index (χ0n) is 9.76. The van der Waals surface area contributed by atoms with Crippen molar-refractivity contribution in [3.63, 3.8) is 0 Å². The van der Waals surface area contributed by atoms with E-state index in [0.29, 0.717) is 12.8 Å². The van der Waals surface area contributed by atoms with Crippen LogP contribution in [0.5, 0.6) is 0 Å². The summed E-state index contributed by atoms with van der Waals surface area (Å²) in [7, 11) is -2.72. The molecule has 0 saturated heterocycles. The van der Waals surface area contributed by atoms with Crippen LogP contribution in [0.25, 0.3) is 0 Å². The van der Waals surface area contributed by atoms with E-state index in [4.69, 9.17) is 4.52 Å². The average Bonchev–Trinajstić information content (AvgIpc) is 2.31. The Balaban J connectivity index is 2.80. The van der Waals surface area contributed by atoms with Gasteiger partial charge in [-0.1, -0.05) is 37.6 Å². The molecule has 0 radical (unpaired) electrons. The number of unbranched alkanes of at least 4 members (excludes halogenated alkanes) is 1. The van der Waals surface area contributed by atoms with Gasteiger partial charge in [-0.25, -0.2) is 0 Å². The Morgan fingerprint density at radius 1 is 1.38 bits per heavy atom. The van der Waals surface area contributed by atoms with Gasteiger partial charge in [0.05, 0.1) is 6.61 Å². The molecular weight excluding hydrogens is 219 g/mol. The average molecular weight is 238 g/mol. The van der Waals surface area contributed by atoms with Crippen molar-refractivity contribution >= 4 is 12.7 Å². The lowest BCUT2D eigenvalue weighted by atomic mass is 10.4. The molecule has 0 N–H and O–H groups in total. The summed E-state index contributed by atoms with van der Waals surface area (Å²) in [6.07, 6.45) is 4.05. The molecule has 3 heteroatoms. The van der Waals surface area contributed by atoms with Gasteiger partial charge in [0.2, 0.25) is 7.37 Å². The van der Waals surface area contributed by atoms with Crippen molar-refractivity contribution in [3.8, 4) is 0 Å². The number of hydrogen-bond donors (Lipinski definition) is 0. The maximum absolute atomic E-state index is 12.6. The number of benzene rings is 1. The number of rotatable bonds is 7. The predicted octanol–water partition coefficient (Wildman–Crippen LogP) is 3.59. The maximum Gasteiger partial charge on any atom is 0.235 e. The molecule has 0 spiro atoms. The van der Waals surface area contributed by atoms with Gasteiger partial charge in [0.1, 0.15) is 0 Å². The first-order valence-corrected chi connectivity index (χ1v) is 7.44. The minimum absolute atomic E-state index is 0.403. The predicted molar refractivity (Wildman–Crippen MR) is 69.6 cm³/mol. The van der Waals surface area contributed by atoms with Gasteiger partial charge in [-0.2, -0.15) is 0 Å². The van der Waals surface area contributed by atoms with Crippen LogP contribution in [0.1, 0.15) is 19.8 Å². The Morgan fingerprint density at radius 2 is 2.06 bits per heavy atom. The lowest BCUT2D eigenvalue weighted by molar-refractivity contribution is 0.314. The van der Waals surface area contributed by atoms with Gasteiger partial charge >= 0.3 is 0 Å². The van der Waals surface area contributed by atoms with Gasteiger partial charge in [0, 0.05) is 11.5 Å². The number of allylic oxidation sites excluding steroid dienone is 1. The molecule has 0 fully saturated rings. The molecule has 0 amide bonds. The molecule has 0 heterocycles. The molecule has 1 atom stereocenters. The molecule has 88 valence electrons. The van der Waals surface area contributed by atoms with Crippen LogP contribution in [0, 0.1) is 0 Å². The summed E-state index contributed by atoms with van der Waals surface area (Å²) in [5.41, 5.74) is 0. The molecule has 16 heavy (non-hydrogen) atoms. The molecule has 1 aromatic carbocycles. The fourth-order valence-corrected chi connectivity index (χ4v) is 3.27. The van der Waals surface area contributed by atoms with Gasteiger partial charge < -0.3 is 4.52 Å². The third-order valence-electron chi connectivity index (χ3n) is 2.32. The van der Waals surface area contributed by atoms with Gasteiger partial charge in [-0.05, 0) is 18.6 Å². The molecule has 1 unspecified atom stereocenters. The molecule has 0 aliphatic rings. The molecule has 0 aliphatic heterocycles. The Bertz CT molecular complexity index is 359. The molecular formula is C13H19O2P. The Labute approximate surface area is 97.8 Å². The summed E-state index contributed by atoms with van der Waals surface area (Å²) in [6, 6.07) is 9.39. The van der Waals surface area contributed by atoms with Crippen molar-refractivity contribution in [1.29, 1.82) is 0 Å². The minimum atomic E-state index is -2.72. The van der Waals surface area contributed by atoms with Crippen molar-refractivity contribution in [2.45, 2.75) is 19.8 Å². The second-order valence-electron chi connectivity index (χ2n) is 3.67. The minimum Gasteiger partial charge on any atom is -0.325 e. The van der Waals surface area contributed by atoms with E-state index >= 15 is 0 Å². The monoisotopic (exact) mass is 238 g/mol. The quantitative estimate of drug-likeness (QED) is 0.412. The molecule has 0 aliphatic carbocycles. The normalized spacial score (nSPS) is 14.3. The largest absolute Gasteiger partial charge is 0.325 e. The topological polar surface area (TPSA) is 26.3 Å². The summed E-state index contributed by atoms with van der Waals surface area (Å²) in [6.45, 7) is 6.29. The summed E-state index contributed by atoms with van der Waals surface area (Å²) < 4.78 is 18.2. The first-order valence-electron chi connectivity index (χ1n) is 5.63. The summed E-state index contributed by atoms with van der Waals surface area (Å²) >= 11 is 0. The van der Waals surface area contributed by atoms with E-state index in [1.54, 1.807) is 6.08 Å². The van der Waals surface area contributed by atoms with Crippen LogP contribution < -0.4 is 5.30 Å². The van der Waals surface area contributed by atoms with E-state index in [-0.39, 0.29) is 0 Å². The lowest BCUT2D eigenvalue weighted by Crippen LogP contribution is -2.10. The Morgan fingerprint density at radius 3 is 2.62 bits per heavy atom. The molecule has 1 aromatic rings. The van der Waals surface area contributed by atoms with Crippen LogP contribution in [-0.2, 0) is 9.09 Å². The molecule has 0 aromatic heterocycles. The third kappa shape index (κ3) is 3.62. The molecule has 2 nitrogen and oxygen atoms in total. The zero-order valence-corrected chi connectivity index (χ0v) is 10.7. The van der Waals surface area contributed by atoms with Gasteiger partial charge in [0.25, 0.3) is 0 Å². The van der Waals surface area contributed by atoms with Crippen molar-refractivity contribution in [2.24, 2.45) is 0 Å². The van der Waals surface area contributed by atoms with Crippen LogP contribution >= 0.6 is 7.37 Å². The molecule has 0 bridgehead atoms. The first kappa shape index (κ1) is 13.2. The summed E-state index contributed by atoms with van der Waals surface area (Å²) in [5, 5.41) is 0.783. The molecule has 1 rings (SSSR count). The highest BCUT2D eigenvalue weighted by molar-refractivity contribution is 7.67. The summed E-state index contributed by atoms with van der Waals surface area (Å²) in [5.74, 6) is 0. The van der Waals surface area contributed by atoms with Crippen molar-refractivity contribution in [2.75, 3.05) is 12.8 Å². The van der Waals surface area contributed by atoms with E-state index in [9.17, 15) is 4.57 Å². The summed E-state index contributed by atoms with van der Waals surface area (Å²) in [4.78, 5) is 0. The van der Waals surface area contributed by atoms with Gasteiger partial charge in [0.15, 0.2) is 0 Å². The van der Waals surface area contributed by atoms with E-state index in [2.05, 4.69) is 13.5 Å². The first-order chi connectivity index (χ1) is 7.73. The standard InChI is InChI=1S/C13H19O2P/c1-3-5-11-15-16(14,12-4-2)13-9-7-6-8-10-13/h4,6-10H,2-3,5,11-12H2,1H3. The fourth-order valence-electron chi connectivity index (χ4n) is 1.41. The van der Waals surface area contributed by atoms with E-state index in [0.717, 1.165) is 18.1 Å². The van der Waals surface area contributed by atoms with Crippen LogP contribution in [0.2, 0.25) is 0 Å². The lowest BCUT2D eigenvalue weighted by Gasteiger charge is -2.17. The zero-order chi connectivity index (χ0) is 11.9. The van der Waals surface area contributed by atoms with Crippen molar-refractivity contribution in [1.82, 2.24) is 0 Å². The number of hydrogen-bond acceptors (Lipinski definition) is 2. The van der Waals surface area contributed by atoms with Crippen molar-refractivity contribution in [3.05, 3.63) is 43.0 Å². The highest BCUT2D eigenvalue weighted by atomic mass is 31.2. The van der Waals surface area contributed by atoms with Crippen LogP contribution in [0.15, 0.2) is 43.0 Å². The highest BCUT2D eigenvalue weighted by Crippen LogP contribution is 2.45. The SMILES string of the molecule is C=CCP(=O)(OCCCC)c1ccccc1. The van der Waals surface area contributed by atoms with Crippen LogP contribution in [0.3, 0.4) is 0 Å². The van der Waals surface area contributed by atoms with E-state index in [1.165, 1.54) is 0 Å². The van der Waals surface area contributed by atoms with E-state index < -0.39 is 7.37 Å².